The summed E-state index contributed by atoms with van der Waals surface area (Å²) in [7, 11) is -1.87. The highest BCUT2D eigenvalue weighted by atomic mass is 32.2. The van der Waals surface area contributed by atoms with Gasteiger partial charge in [0.25, 0.3) is 0 Å². The van der Waals surface area contributed by atoms with Gasteiger partial charge in [0, 0.05) is 33.2 Å². The first-order chi connectivity index (χ1) is 7.45. The summed E-state index contributed by atoms with van der Waals surface area (Å²) in [6, 6.07) is 0. The van der Waals surface area contributed by atoms with Crippen LogP contribution >= 0.6 is 0 Å². The molecular weight excluding hydrogens is 234 g/mol. The van der Waals surface area contributed by atoms with E-state index in [1.807, 2.05) is 0 Å². The summed E-state index contributed by atoms with van der Waals surface area (Å²) in [6.07, 6.45) is 0.300. The van der Waals surface area contributed by atoms with Gasteiger partial charge < -0.3 is 15.4 Å². The number of ether oxygens (including phenoxy) is 1. The largest absolute Gasteiger partial charge is 0.383 e. The monoisotopic (exact) mass is 253 g/mol. The number of nitrogens with two attached hydrogens (primary N) is 1. The van der Waals surface area contributed by atoms with Crippen molar-refractivity contribution in [1.29, 1.82) is 0 Å². The molecule has 16 heavy (non-hydrogen) atoms. The van der Waals surface area contributed by atoms with Gasteiger partial charge in [-0.2, -0.15) is 0 Å². The molecule has 0 atom stereocenters. The molecular formula is C8H19N3O4S. The zero-order chi connectivity index (χ0) is 12.4. The van der Waals surface area contributed by atoms with Crippen molar-refractivity contribution < 1.29 is 17.9 Å². The van der Waals surface area contributed by atoms with E-state index >= 15 is 0 Å². The van der Waals surface area contributed by atoms with Crippen LogP contribution in [0.3, 0.4) is 0 Å². The average Bonchev–Trinajstić information content (AvgIpc) is 2.16. The summed E-state index contributed by atoms with van der Waals surface area (Å²) in [5.41, 5.74) is 0. The molecule has 0 rings (SSSR count). The molecule has 0 aromatic carbocycles. The highest BCUT2D eigenvalue weighted by molar-refractivity contribution is 7.89. The molecule has 7 nitrogen and oxygen atoms in total. The Morgan fingerprint density at radius 3 is 2.56 bits per heavy atom. The fraction of sp³-hybridized carbons (Fsp3) is 0.875. The lowest BCUT2D eigenvalue weighted by molar-refractivity contribution is -0.121. The molecule has 0 aliphatic rings. The summed E-state index contributed by atoms with van der Waals surface area (Å²) in [5, 5.41) is 10.3. The molecule has 0 aliphatic carbocycles. The highest BCUT2D eigenvalue weighted by Crippen LogP contribution is 1.79. The van der Waals surface area contributed by atoms with E-state index in [4.69, 9.17) is 9.88 Å². The Morgan fingerprint density at radius 2 is 2.00 bits per heavy atom. The molecule has 0 bridgehead atoms. The average molecular weight is 253 g/mol. The predicted octanol–water partition coefficient (Wildman–Crippen LogP) is -1.98. The Kier molecular flexibility index (Phi) is 8.08. The number of amides is 1. The van der Waals surface area contributed by atoms with Crippen molar-refractivity contribution in [1.82, 2.24) is 10.6 Å². The van der Waals surface area contributed by atoms with E-state index in [2.05, 4.69) is 10.6 Å². The molecule has 0 aliphatic heterocycles. The van der Waals surface area contributed by atoms with E-state index in [1.165, 1.54) is 0 Å². The van der Waals surface area contributed by atoms with Gasteiger partial charge in [0.1, 0.15) is 0 Å². The molecule has 0 spiro atoms. The number of primary sulfonamides is 1. The van der Waals surface area contributed by atoms with E-state index in [1.54, 1.807) is 7.11 Å². The van der Waals surface area contributed by atoms with Crippen LogP contribution in [-0.2, 0) is 19.6 Å². The third-order valence-electron chi connectivity index (χ3n) is 1.72. The van der Waals surface area contributed by atoms with Gasteiger partial charge in [-0.1, -0.05) is 0 Å². The van der Waals surface area contributed by atoms with Gasteiger partial charge in [-0.25, -0.2) is 13.6 Å². The second-order valence-electron chi connectivity index (χ2n) is 3.21. The molecule has 4 N–H and O–H groups in total. The molecule has 0 heterocycles. The number of hydrogen-bond acceptors (Lipinski definition) is 5. The number of sulfonamides is 1. The second kappa shape index (κ2) is 8.45. The molecule has 0 saturated heterocycles. The molecule has 0 saturated carbocycles. The van der Waals surface area contributed by atoms with Crippen molar-refractivity contribution in [3.05, 3.63) is 0 Å². The Morgan fingerprint density at radius 1 is 1.31 bits per heavy atom. The Labute approximate surface area is 95.8 Å². The minimum Gasteiger partial charge on any atom is -0.383 e. The Hall–Kier alpha value is -0.700. The third kappa shape index (κ3) is 11.4. The lowest BCUT2D eigenvalue weighted by atomic mass is 10.4. The van der Waals surface area contributed by atoms with Crippen molar-refractivity contribution in [3.8, 4) is 0 Å². The molecule has 0 radical (unpaired) electrons. The maximum absolute atomic E-state index is 11.1. The SMILES string of the molecule is COCCNC(=O)CCNCCS(N)(=O)=O. The van der Waals surface area contributed by atoms with Crippen LogP contribution in [0.15, 0.2) is 0 Å². The van der Waals surface area contributed by atoms with Gasteiger partial charge in [0.2, 0.25) is 15.9 Å². The number of carbonyl (C=O) groups excluding carboxylic acids is 1. The van der Waals surface area contributed by atoms with Crippen molar-refractivity contribution in [3.63, 3.8) is 0 Å². The van der Waals surface area contributed by atoms with Crippen molar-refractivity contribution in [2.75, 3.05) is 39.1 Å². The smallest absolute Gasteiger partial charge is 0.221 e. The molecule has 0 unspecified atom stereocenters. The minimum absolute atomic E-state index is 0.0971. The summed E-state index contributed by atoms with van der Waals surface area (Å²) in [4.78, 5) is 11.1. The van der Waals surface area contributed by atoms with Gasteiger partial charge in [-0.15, -0.1) is 0 Å². The number of methoxy groups -OCH3 is 1. The summed E-state index contributed by atoms with van der Waals surface area (Å²) >= 11 is 0. The first kappa shape index (κ1) is 15.3. The van der Waals surface area contributed by atoms with Crippen molar-refractivity contribution in [2.24, 2.45) is 5.14 Å². The zero-order valence-corrected chi connectivity index (χ0v) is 10.2. The Balaban J connectivity index is 3.34. The molecule has 8 heteroatoms. The molecule has 1 amide bonds. The lowest BCUT2D eigenvalue weighted by Gasteiger charge is -2.05. The molecule has 0 fully saturated rings. The van der Waals surface area contributed by atoms with Gasteiger partial charge >= 0.3 is 0 Å². The van der Waals surface area contributed by atoms with Crippen LogP contribution in [0.5, 0.6) is 0 Å². The molecule has 0 aromatic heterocycles. The van der Waals surface area contributed by atoms with E-state index in [0.717, 1.165) is 0 Å². The maximum Gasteiger partial charge on any atom is 0.221 e. The van der Waals surface area contributed by atoms with Crippen molar-refractivity contribution in [2.45, 2.75) is 6.42 Å². The van der Waals surface area contributed by atoms with E-state index in [0.29, 0.717) is 26.1 Å². The first-order valence-electron chi connectivity index (χ1n) is 4.92. The summed E-state index contributed by atoms with van der Waals surface area (Å²) in [6.45, 7) is 1.63. The second-order valence-corrected chi connectivity index (χ2v) is 4.94. The van der Waals surface area contributed by atoms with Crippen LogP contribution < -0.4 is 15.8 Å². The van der Waals surface area contributed by atoms with Gasteiger partial charge in [0.15, 0.2) is 0 Å². The topological polar surface area (TPSA) is 111 Å². The van der Waals surface area contributed by atoms with Crippen LogP contribution in [0.2, 0.25) is 0 Å². The van der Waals surface area contributed by atoms with Crippen molar-refractivity contribution >= 4 is 15.9 Å². The standard InChI is InChI=1S/C8H19N3O4S/c1-15-6-4-11-8(12)2-3-10-5-7-16(9,13)14/h10H,2-7H2,1H3,(H,11,12)(H2,9,13,14). The van der Waals surface area contributed by atoms with Gasteiger partial charge in [0.05, 0.1) is 12.4 Å². The van der Waals surface area contributed by atoms with Crippen LogP contribution in [0.4, 0.5) is 0 Å². The predicted molar refractivity (Wildman–Crippen MR) is 60.3 cm³/mol. The fourth-order valence-corrected chi connectivity index (χ4v) is 1.35. The lowest BCUT2D eigenvalue weighted by Crippen LogP contribution is -2.32. The Bertz CT molecular complexity index is 292. The minimum atomic E-state index is -3.42. The quantitative estimate of drug-likeness (QED) is 0.412. The first-order valence-corrected chi connectivity index (χ1v) is 6.64. The normalized spacial score (nSPS) is 11.4. The summed E-state index contributed by atoms with van der Waals surface area (Å²) < 4.78 is 25.9. The fourth-order valence-electron chi connectivity index (χ4n) is 0.922. The van der Waals surface area contributed by atoms with E-state index in [-0.39, 0.29) is 18.2 Å². The highest BCUT2D eigenvalue weighted by Gasteiger charge is 2.02. The van der Waals surface area contributed by atoms with Crippen LogP contribution in [0.1, 0.15) is 6.42 Å². The van der Waals surface area contributed by atoms with Crippen LogP contribution in [0.25, 0.3) is 0 Å². The number of carbonyl (C=O) groups is 1. The van der Waals surface area contributed by atoms with E-state index < -0.39 is 10.0 Å². The maximum atomic E-state index is 11.1. The van der Waals surface area contributed by atoms with Crippen LogP contribution in [0, 0.1) is 0 Å². The van der Waals surface area contributed by atoms with Gasteiger partial charge in [-0.05, 0) is 0 Å². The number of nitrogens with one attached hydrogen (secondary N) is 2. The number of hydrogen-bond donors (Lipinski definition) is 3. The van der Waals surface area contributed by atoms with E-state index in [9.17, 15) is 13.2 Å². The van der Waals surface area contributed by atoms with Gasteiger partial charge in [-0.3, -0.25) is 4.79 Å². The molecule has 0 aromatic rings. The molecule has 96 valence electrons. The third-order valence-corrected chi connectivity index (χ3v) is 2.49. The number of rotatable bonds is 9. The summed E-state index contributed by atoms with van der Waals surface area (Å²) in [5.74, 6) is -0.224. The zero-order valence-electron chi connectivity index (χ0n) is 9.36. The van der Waals surface area contributed by atoms with Crippen LogP contribution in [-0.4, -0.2) is 53.4 Å².